The summed E-state index contributed by atoms with van der Waals surface area (Å²) in [6, 6.07) is 8.25. The molecule has 29 heavy (non-hydrogen) atoms. The molecule has 6 nitrogen and oxygen atoms in total. The molecular formula is C21H21ClN2O4S. The minimum Gasteiger partial charge on any atom is -0.464 e. The zero-order valence-corrected chi connectivity index (χ0v) is 17.5. The lowest BCUT2D eigenvalue weighted by Crippen LogP contribution is -2.36. The Labute approximate surface area is 174 Å². The minimum atomic E-state index is -3.35. The zero-order valence-electron chi connectivity index (χ0n) is 16.0. The molecule has 1 saturated heterocycles. The van der Waals surface area contributed by atoms with Crippen LogP contribution in [0.3, 0.4) is 0 Å². The van der Waals surface area contributed by atoms with Crippen LogP contribution in [0.5, 0.6) is 0 Å². The van der Waals surface area contributed by atoms with Crippen LogP contribution in [-0.4, -0.2) is 37.6 Å². The predicted octanol–water partition coefficient (Wildman–Crippen LogP) is 3.62. The van der Waals surface area contributed by atoms with Crippen molar-refractivity contribution in [2.24, 2.45) is 0 Å². The highest BCUT2D eigenvalue weighted by molar-refractivity contribution is 7.90. The van der Waals surface area contributed by atoms with Gasteiger partial charge in [0.25, 0.3) is 0 Å². The number of aromatic nitrogens is 1. The van der Waals surface area contributed by atoms with Gasteiger partial charge in [-0.25, -0.2) is 8.42 Å². The lowest BCUT2D eigenvalue weighted by atomic mass is 9.94. The summed E-state index contributed by atoms with van der Waals surface area (Å²) in [7, 11) is -3.35. The number of nitrogens with zero attached hydrogens (tertiary/aromatic N) is 2. The average molecular weight is 433 g/mol. The molecule has 0 saturated carbocycles. The summed E-state index contributed by atoms with van der Waals surface area (Å²) in [5.41, 5.74) is 1.58. The molecule has 0 spiro atoms. The lowest BCUT2D eigenvalue weighted by Gasteiger charge is -2.32. The first-order chi connectivity index (χ1) is 13.8. The maximum atomic E-state index is 12.9. The highest BCUT2D eigenvalue weighted by Gasteiger charge is 2.27. The molecule has 0 radical (unpaired) electrons. The lowest BCUT2D eigenvalue weighted by molar-refractivity contribution is 0.196. The molecule has 3 aromatic rings. The number of piperidine rings is 1. The number of likely N-dealkylation sites (tertiary alicyclic amines) is 1. The van der Waals surface area contributed by atoms with Crippen molar-refractivity contribution in [1.29, 1.82) is 0 Å². The molecule has 2 aromatic heterocycles. The van der Waals surface area contributed by atoms with E-state index in [1.54, 1.807) is 36.5 Å². The second kappa shape index (κ2) is 7.89. The third kappa shape index (κ3) is 4.22. The molecule has 1 aliphatic heterocycles. The van der Waals surface area contributed by atoms with Gasteiger partial charge in [-0.3, -0.25) is 14.7 Å². The van der Waals surface area contributed by atoms with Gasteiger partial charge in [0, 0.05) is 42.0 Å². The third-order valence-electron chi connectivity index (χ3n) is 5.29. The molecular weight excluding hydrogens is 412 g/mol. The summed E-state index contributed by atoms with van der Waals surface area (Å²) in [6.07, 6.45) is 6.10. The van der Waals surface area contributed by atoms with Crippen molar-refractivity contribution in [3.8, 4) is 0 Å². The first kappa shape index (κ1) is 20.1. The molecule has 0 bridgehead atoms. The Balaban J connectivity index is 1.60. The number of pyridine rings is 1. The average Bonchev–Trinajstić information content (AvgIpc) is 2.70. The van der Waals surface area contributed by atoms with Crippen LogP contribution in [0, 0.1) is 0 Å². The predicted molar refractivity (Wildman–Crippen MR) is 112 cm³/mol. The molecule has 0 amide bonds. The number of sulfone groups is 1. The van der Waals surface area contributed by atoms with Gasteiger partial charge in [-0.05, 0) is 49.7 Å². The Kier molecular flexibility index (Phi) is 5.46. The van der Waals surface area contributed by atoms with E-state index in [4.69, 9.17) is 16.0 Å². The second-order valence-corrected chi connectivity index (χ2v) is 9.88. The van der Waals surface area contributed by atoms with Gasteiger partial charge in [-0.2, -0.15) is 0 Å². The van der Waals surface area contributed by atoms with E-state index in [1.165, 1.54) is 12.5 Å². The van der Waals surface area contributed by atoms with E-state index in [0.29, 0.717) is 40.3 Å². The van der Waals surface area contributed by atoms with Gasteiger partial charge in [0.05, 0.1) is 22.2 Å². The minimum absolute atomic E-state index is 0.00313. The van der Waals surface area contributed by atoms with Crippen molar-refractivity contribution >= 4 is 32.4 Å². The van der Waals surface area contributed by atoms with Gasteiger partial charge in [-0.15, -0.1) is 0 Å². The Hall–Kier alpha value is -2.22. The maximum absolute atomic E-state index is 12.9. The van der Waals surface area contributed by atoms with Gasteiger partial charge in [-0.1, -0.05) is 11.6 Å². The third-order valence-corrected chi connectivity index (χ3v) is 6.67. The topological polar surface area (TPSA) is 80.5 Å². The van der Waals surface area contributed by atoms with Crippen molar-refractivity contribution in [2.45, 2.75) is 30.2 Å². The number of hydrogen-bond acceptors (Lipinski definition) is 6. The van der Waals surface area contributed by atoms with Crippen molar-refractivity contribution in [1.82, 2.24) is 9.88 Å². The smallest absolute Gasteiger partial charge is 0.197 e. The number of halogens is 1. The van der Waals surface area contributed by atoms with Crippen LogP contribution in [-0.2, 0) is 16.4 Å². The largest absolute Gasteiger partial charge is 0.464 e. The van der Waals surface area contributed by atoms with Gasteiger partial charge in [0.15, 0.2) is 15.3 Å². The van der Waals surface area contributed by atoms with Gasteiger partial charge in [0.1, 0.15) is 5.58 Å². The molecule has 0 aliphatic carbocycles. The van der Waals surface area contributed by atoms with Crippen molar-refractivity contribution in [3.63, 3.8) is 0 Å². The first-order valence-electron chi connectivity index (χ1n) is 9.40. The van der Waals surface area contributed by atoms with Crippen LogP contribution in [0.2, 0.25) is 5.02 Å². The Bertz CT molecular complexity index is 1220. The van der Waals surface area contributed by atoms with Crippen LogP contribution in [0.15, 0.2) is 56.9 Å². The molecule has 152 valence electrons. The molecule has 0 N–H and O–H groups in total. The van der Waals surface area contributed by atoms with Gasteiger partial charge < -0.3 is 4.42 Å². The van der Waals surface area contributed by atoms with Crippen LogP contribution < -0.4 is 5.43 Å². The summed E-state index contributed by atoms with van der Waals surface area (Å²) >= 11 is 6.03. The van der Waals surface area contributed by atoms with E-state index in [0.717, 1.165) is 19.4 Å². The summed E-state index contributed by atoms with van der Waals surface area (Å²) in [6.45, 7) is 1.89. The summed E-state index contributed by atoms with van der Waals surface area (Å²) < 4.78 is 29.9. The van der Waals surface area contributed by atoms with E-state index in [1.807, 2.05) is 0 Å². The molecule has 1 unspecified atom stereocenters. The fraction of sp³-hybridized carbons (Fsp3) is 0.333. The van der Waals surface area contributed by atoms with Gasteiger partial charge in [0.2, 0.25) is 0 Å². The number of fused-ring (bicyclic) bond motifs is 1. The molecule has 1 atom stereocenters. The maximum Gasteiger partial charge on any atom is 0.197 e. The normalized spacial score (nSPS) is 18.2. The summed E-state index contributed by atoms with van der Waals surface area (Å²) in [5.74, 6) is -0.00313. The van der Waals surface area contributed by atoms with Crippen LogP contribution in [0.25, 0.3) is 11.0 Å². The molecule has 1 aliphatic rings. The van der Waals surface area contributed by atoms with E-state index in [2.05, 4.69) is 9.88 Å². The standard InChI is InChI=1S/C21H21ClN2O4S/c1-29(26,27)19-5-2-8-23-20(19)14-4-3-9-24(11-14)12-15-13-28-18-7-6-16(22)10-17(18)21(15)25/h2,5-8,10,13-14H,3-4,9,11-12H2,1H3. The van der Waals surface area contributed by atoms with Gasteiger partial charge >= 0.3 is 0 Å². The Morgan fingerprint density at radius 2 is 2.14 bits per heavy atom. The van der Waals surface area contributed by atoms with Crippen LogP contribution >= 0.6 is 11.6 Å². The Morgan fingerprint density at radius 1 is 1.31 bits per heavy atom. The highest BCUT2D eigenvalue weighted by Crippen LogP contribution is 2.30. The van der Waals surface area contributed by atoms with E-state index in [9.17, 15) is 13.2 Å². The highest BCUT2D eigenvalue weighted by atomic mass is 35.5. The number of rotatable bonds is 4. The van der Waals surface area contributed by atoms with E-state index in [-0.39, 0.29) is 16.2 Å². The number of benzene rings is 1. The quantitative estimate of drug-likeness (QED) is 0.626. The first-order valence-corrected chi connectivity index (χ1v) is 11.7. The monoisotopic (exact) mass is 432 g/mol. The van der Waals surface area contributed by atoms with Crippen molar-refractivity contribution < 1.29 is 12.8 Å². The van der Waals surface area contributed by atoms with Crippen LogP contribution in [0.1, 0.15) is 30.0 Å². The Morgan fingerprint density at radius 3 is 2.93 bits per heavy atom. The molecule has 4 rings (SSSR count). The second-order valence-electron chi connectivity index (χ2n) is 7.46. The van der Waals surface area contributed by atoms with E-state index < -0.39 is 9.84 Å². The molecule has 1 fully saturated rings. The molecule has 3 heterocycles. The van der Waals surface area contributed by atoms with Crippen molar-refractivity contribution in [3.05, 3.63) is 69.3 Å². The number of hydrogen-bond donors (Lipinski definition) is 0. The molecule has 1 aromatic carbocycles. The zero-order chi connectivity index (χ0) is 20.6. The fourth-order valence-electron chi connectivity index (χ4n) is 3.94. The van der Waals surface area contributed by atoms with Crippen molar-refractivity contribution in [2.75, 3.05) is 19.3 Å². The molecule has 8 heteroatoms. The summed E-state index contributed by atoms with van der Waals surface area (Å²) in [5, 5.41) is 0.955. The SMILES string of the molecule is CS(=O)(=O)c1cccnc1C1CCCN(Cc2coc3ccc(Cl)cc3c2=O)C1. The van der Waals surface area contributed by atoms with Crippen LogP contribution in [0.4, 0.5) is 0 Å². The van der Waals surface area contributed by atoms with E-state index >= 15 is 0 Å². The summed E-state index contributed by atoms with van der Waals surface area (Å²) in [4.78, 5) is 19.7. The fourth-order valence-corrected chi connectivity index (χ4v) is 5.04.